The molecule has 8 nitrogen and oxygen atoms in total. The maximum absolute atomic E-state index is 12.3. The van der Waals surface area contributed by atoms with Gasteiger partial charge in [0.25, 0.3) is 5.69 Å². The van der Waals surface area contributed by atoms with E-state index < -0.39 is 29.0 Å². The Morgan fingerprint density at radius 3 is 2.70 bits per heavy atom. The van der Waals surface area contributed by atoms with Crippen LogP contribution >= 0.6 is 11.6 Å². The second-order valence-corrected chi connectivity index (χ2v) is 6.27. The second-order valence-electron chi connectivity index (χ2n) is 5.84. The van der Waals surface area contributed by atoms with Gasteiger partial charge in [-0.3, -0.25) is 19.7 Å². The number of halogens is 1. The number of rotatable bonds is 5. The quantitative estimate of drug-likeness (QED) is 0.364. The number of ether oxygens (including phenoxy) is 1. The molecule has 0 saturated heterocycles. The van der Waals surface area contributed by atoms with Gasteiger partial charge >= 0.3 is 5.97 Å². The van der Waals surface area contributed by atoms with E-state index in [1.807, 2.05) is 0 Å². The van der Waals surface area contributed by atoms with E-state index in [0.29, 0.717) is 24.1 Å². The molecule has 0 spiro atoms. The number of anilines is 1. The summed E-state index contributed by atoms with van der Waals surface area (Å²) >= 11 is 5.77. The Hall–Kier alpha value is -3.26. The zero-order valence-corrected chi connectivity index (χ0v) is 14.6. The highest BCUT2D eigenvalue weighted by Gasteiger charge is 2.23. The summed E-state index contributed by atoms with van der Waals surface area (Å²) in [6.45, 7) is -0.576. The number of amides is 1. The number of fused-ring (bicyclic) bond motifs is 1. The van der Waals surface area contributed by atoms with Gasteiger partial charge in [-0.1, -0.05) is 11.6 Å². The summed E-state index contributed by atoms with van der Waals surface area (Å²) in [5.41, 5.74) is 1.000. The largest absolute Gasteiger partial charge is 0.454 e. The normalized spacial score (nSPS) is 12.7. The van der Waals surface area contributed by atoms with E-state index in [0.717, 1.165) is 17.7 Å². The van der Waals surface area contributed by atoms with Gasteiger partial charge < -0.3 is 10.1 Å². The summed E-state index contributed by atoms with van der Waals surface area (Å²) in [6, 6.07) is 8.26. The van der Waals surface area contributed by atoms with Crippen molar-refractivity contribution in [3.8, 4) is 0 Å². The fourth-order valence-electron chi connectivity index (χ4n) is 2.68. The molecule has 1 aliphatic rings. The monoisotopic (exact) mass is 388 g/mol. The predicted octanol–water partition coefficient (Wildman–Crippen LogP) is 3.17. The van der Waals surface area contributed by atoms with Crippen LogP contribution in [0, 0.1) is 10.1 Å². The van der Waals surface area contributed by atoms with E-state index in [-0.39, 0.29) is 16.5 Å². The van der Waals surface area contributed by atoms with Crippen molar-refractivity contribution in [1.29, 1.82) is 0 Å². The van der Waals surface area contributed by atoms with Gasteiger partial charge in [0.05, 0.1) is 4.92 Å². The lowest BCUT2D eigenvalue weighted by Crippen LogP contribution is -2.20. The molecule has 1 aliphatic heterocycles. The zero-order valence-electron chi connectivity index (χ0n) is 13.9. The third-order valence-corrected chi connectivity index (χ3v) is 4.27. The Morgan fingerprint density at radius 2 is 1.96 bits per heavy atom. The van der Waals surface area contributed by atoms with E-state index in [4.69, 9.17) is 16.3 Å². The first kappa shape index (κ1) is 18.5. The van der Waals surface area contributed by atoms with Crippen LogP contribution in [-0.4, -0.2) is 29.2 Å². The number of ketones is 1. The number of esters is 1. The molecule has 0 unspecified atom stereocenters. The summed E-state index contributed by atoms with van der Waals surface area (Å²) in [7, 11) is 0. The number of benzene rings is 2. The van der Waals surface area contributed by atoms with Crippen LogP contribution < -0.4 is 5.32 Å². The molecule has 27 heavy (non-hydrogen) atoms. The molecular weight excluding hydrogens is 376 g/mol. The number of nitrogens with one attached hydrogen (secondary N) is 1. The maximum atomic E-state index is 12.3. The van der Waals surface area contributed by atoms with Crippen molar-refractivity contribution in [3.05, 3.63) is 68.2 Å². The van der Waals surface area contributed by atoms with Crippen molar-refractivity contribution in [1.82, 2.24) is 0 Å². The average Bonchev–Trinajstić information content (AvgIpc) is 2.65. The molecule has 1 N–H and O–H groups in total. The van der Waals surface area contributed by atoms with Gasteiger partial charge in [-0.15, -0.1) is 0 Å². The molecule has 0 fully saturated rings. The molecule has 0 aliphatic carbocycles. The number of Topliss-reactive ketones (excluding diaryl/α,β-unsaturated/α-hetero) is 1. The molecule has 0 bridgehead atoms. The highest BCUT2D eigenvalue weighted by atomic mass is 35.5. The lowest BCUT2D eigenvalue weighted by Gasteiger charge is -2.17. The van der Waals surface area contributed by atoms with Gasteiger partial charge in [0.2, 0.25) is 5.91 Å². The molecule has 0 saturated carbocycles. The molecule has 9 heteroatoms. The van der Waals surface area contributed by atoms with Gasteiger partial charge in [0.1, 0.15) is 5.56 Å². The Bertz CT molecular complexity index is 972. The van der Waals surface area contributed by atoms with Gasteiger partial charge in [-0.25, -0.2) is 4.79 Å². The molecule has 1 amide bonds. The summed E-state index contributed by atoms with van der Waals surface area (Å²) in [5, 5.41) is 13.9. The minimum absolute atomic E-state index is 0.0846. The van der Waals surface area contributed by atoms with Gasteiger partial charge in [-0.2, -0.15) is 0 Å². The Labute approximate surface area is 158 Å². The third-order valence-electron chi connectivity index (χ3n) is 4.03. The summed E-state index contributed by atoms with van der Waals surface area (Å²) in [6.07, 6.45) is 0.842. The Kier molecular flexibility index (Phi) is 5.18. The van der Waals surface area contributed by atoms with Crippen LogP contribution in [0.1, 0.15) is 32.7 Å². The molecular formula is C18H13ClN2O6. The minimum atomic E-state index is -1.01. The fourth-order valence-corrected chi connectivity index (χ4v) is 2.85. The second kappa shape index (κ2) is 7.55. The maximum Gasteiger partial charge on any atom is 0.345 e. The first-order chi connectivity index (χ1) is 12.8. The molecule has 2 aromatic rings. The Morgan fingerprint density at radius 1 is 1.19 bits per heavy atom. The molecule has 138 valence electrons. The van der Waals surface area contributed by atoms with Crippen molar-refractivity contribution in [2.24, 2.45) is 0 Å². The number of nitrogens with zero attached hydrogens (tertiary/aromatic N) is 1. The predicted molar refractivity (Wildman–Crippen MR) is 96.1 cm³/mol. The van der Waals surface area contributed by atoms with E-state index >= 15 is 0 Å². The molecule has 0 atom stereocenters. The smallest absolute Gasteiger partial charge is 0.345 e. The molecule has 0 radical (unpaired) electrons. The van der Waals surface area contributed by atoms with Crippen molar-refractivity contribution >= 4 is 40.6 Å². The molecule has 2 aromatic carbocycles. The summed E-state index contributed by atoms with van der Waals surface area (Å²) < 4.78 is 4.93. The topological polar surface area (TPSA) is 116 Å². The number of carbonyl (C=O) groups is 3. The SMILES string of the molecule is O=C1CCc2cc(C(=O)COC(=O)c3cc(Cl)ccc3[N+](=O)[O-])ccc2N1. The average molecular weight is 389 g/mol. The highest BCUT2D eigenvalue weighted by Crippen LogP contribution is 2.25. The molecule has 3 rings (SSSR count). The van der Waals surface area contributed by atoms with Crippen molar-refractivity contribution in [2.45, 2.75) is 12.8 Å². The van der Waals surface area contributed by atoms with Crippen LogP contribution in [-0.2, 0) is 16.0 Å². The van der Waals surface area contributed by atoms with Gasteiger partial charge in [0, 0.05) is 28.8 Å². The molecule has 1 heterocycles. The number of aryl methyl sites for hydroxylation is 1. The van der Waals surface area contributed by atoms with Crippen LogP contribution in [0.5, 0.6) is 0 Å². The van der Waals surface area contributed by atoms with Gasteiger partial charge in [0.15, 0.2) is 12.4 Å². The zero-order chi connectivity index (χ0) is 19.6. The van der Waals surface area contributed by atoms with Crippen molar-refractivity contribution in [2.75, 3.05) is 11.9 Å². The van der Waals surface area contributed by atoms with Crippen molar-refractivity contribution in [3.63, 3.8) is 0 Å². The standard InChI is InChI=1S/C18H13ClN2O6/c19-12-3-5-15(21(25)26)13(8-12)18(24)27-9-16(22)11-1-4-14-10(7-11)2-6-17(23)20-14/h1,3-5,7-8H,2,6,9H2,(H,20,23). The van der Waals surface area contributed by atoms with E-state index in [2.05, 4.69) is 5.32 Å². The van der Waals surface area contributed by atoms with E-state index in [1.54, 1.807) is 12.1 Å². The van der Waals surface area contributed by atoms with Crippen LogP contribution in [0.2, 0.25) is 5.02 Å². The number of carbonyl (C=O) groups excluding carboxylic acids is 3. The van der Waals surface area contributed by atoms with Crippen LogP contribution in [0.4, 0.5) is 11.4 Å². The Balaban J connectivity index is 1.71. The lowest BCUT2D eigenvalue weighted by atomic mass is 9.99. The number of nitro benzene ring substituents is 1. The van der Waals surface area contributed by atoms with E-state index in [1.165, 1.54) is 12.1 Å². The van der Waals surface area contributed by atoms with Crippen LogP contribution in [0.25, 0.3) is 0 Å². The number of nitro groups is 1. The van der Waals surface area contributed by atoms with Crippen molar-refractivity contribution < 1.29 is 24.0 Å². The van der Waals surface area contributed by atoms with E-state index in [9.17, 15) is 24.5 Å². The first-order valence-electron chi connectivity index (χ1n) is 7.92. The lowest BCUT2D eigenvalue weighted by molar-refractivity contribution is -0.385. The van der Waals surface area contributed by atoms with Gasteiger partial charge in [-0.05, 0) is 42.3 Å². The number of hydrogen-bond donors (Lipinski definition) is 1. The fraction of sp³-hybridized carbons (Fsp3) is 0.167. The highest BCUT2D eigenvalue weighted by molar-refractivity contribution is 6.31. The third kappa shape index (κ3) is 4.12. The molecule has 0 aromatic heterocycles. The van der Waals surface area contributed by atoms with Crippen LogP contribution in [0.3, 0.4) is 0 Å². The summed E-state index contributed by atoms with van der Waals surface area (Å²) in [5.74, 6) is -1.56. The minimum Gasteiger partial charge on any atom is -0.454 e. The number of hydrogen-bond acceptors (Lipinski definition) is 6. The summed E-state index contributed by atoms with van der Waals surface area (Å²) in [4.78, 5) is 46.1. The van der Waals surface area contributed by atoms with Crippen LogP contribution in [0.15, 0.2) is 36.4 Å². The first-order valence-corrected chi connectivity index (χ1v) is 8.30.